The number of methoxy groups -OCH3 is 2. The van der Waals surface area contributed by atoms with Gasteiger partial charge in [0.25, 0.3) is 11.2 Å². The molecular formula is C82H62Cl2Mg2O36. The Kier molecular flexibility index (Phi) is 21.9. The number of esters is 12. The van der Waals surface area contributed by atoms with Gasteiger partial charge in [0.1, 0.15) is 69.0 Å². The molecule has 4 bridgehead atoms. The quantitative estimate of drug-likeness (QED) is 0.0647. The van der Waals surface area contributed by atoms with Gasteiger partial charge in [0.2, 0.25) is 0 Å². The van der Waals surface area contributed by atoms with Crippen molar-refractivity contribution < 1.29 is 173 Å². The van der Waals surface area contributed by atoms with Gasteiger partial charge in [0, 0.05) is 127 Å². The number of halogens is 2. The Bertz CT molecular complexity index is 5560. The van der Waals surface area contributed by atoms with Crippen LogP contribution < -0.4 is 58.3 Å². The van der Waals surface area contributed by atoms with Gasteiger partial charge in [0.15, 0.2) is 58.4 Å². The fraction of sp³-hybridized carbons (Fsp3) is 0.366. The van der Waals surface area contributed by atoms with E-state index in [-0.39, 0.29) is 68.4 Å². The maximum absolute atomic E-state index is 15.4. The van der Waals surface area contributed by atoms with Gasteiger partial charge in [0.05, 0.1) is 57.3 Å². The Hall–Kier alpha value is -11.5. The van der Waals surface area contributed by atoms with Crippen LogP contribution in [0.15, 0.2) is 81.7 Å². The maximum Gasteiger partial charge on any atom is 2.00 e. The topological polar surface area (TPSA) is 520 Å². The van der Waals surface area contributed by atoms with Crippen molar-refractivity contribution in [1.82, 2.24) is 0 Å². The van der Waals surface area contributed by atoms with Crippen molar-refractivity contribution in [3.05, 3.63) is 147 Å². The number of benzene rings is 4. The third-order valence-corrected chi connectivity index (χ3v) is 23.5. The van der Waals surface area contributed by atoms with Crippen molar-refractivity contribution in [2.45, 2.75) is 167 Å². The molecule has 14 aliphatic rings. The minimum absolute atomic E-state index is 0. The van der Waals surface area contributed by atoms with Crippen LogP contribution in [0.1, 0.15) is 183 Å². The van der Waals surface area contributed by atoms with Crippen LogP contribution in [0.4, 0.5) is 0 Å². The molecule has 2 fully saturated rings. The summed E-state index contributed by atoms with van der Waals surface area (Å²) in [7, 11) is 1.88. The molecule has 4 heterocycles. The Morgan fingerprint density at radius 2 is 0.705 bits per heavy atom. The minimum atomic E-state index is -2.77. The van der Waals surface area contributed by atoms with Gasteiger partial charge >= 0.3 is 118 Å². The third-order valence-electron chi connectivity index (χ3n) is 22.7. The first-order chi connectivity index (χ1) is 56.3. The van der Waals surface area contributed by atoms with E-state index in [9.17, 15) is 77.3 Å². The largest absolute Gasteiger partial charge is 2.00 e. The molecule has 4 aromatic rings. The fourth-order valence-electron chi connectivity index (χ4n) is 18.8. The van der Waals surface area contributed by atoms with E-state index in [1.807, 2.05) is 0 Å². The molecule has 12 atom stereocenters. The van der Waals surface area contributed by atoms with Gasteiger partial charge in [-0.1, -0.05) is 35.4 Å². The summed E-state index contributed by atoms with van der Waals surface area (Å²) in [5.74, 6) is -29.0. The van der Waals surface area contributed by atoms with E-state index in [0.29, 0.717) is 0 Å². The van der Waals surface area contributed by atoms with Crippen LogP contribution in [0.3, 0.4) is 0 Å². The number of rotatable bonds is 12. The number of Topliss-reactive ketones (excluding diaryl/α,β-unsaturated/α-hetero) is 4. The summed E-state index contributed by atoms with van der Waals surface area (Å²) >= 11 is 14.4. The van der Waals surface area contributed by atoms with Gasteiger partial charge in [-0.25, -0.2) is 9.59 Å². The van der Waals surface area contributed by atoms with E-state index in [1.54, 1.807) is 0 Å². The van der Waals surface area contributed by atoms with E-state index in [1.165, 1.54) is 13.8 Å². The number of ether oxygens (including phenoxy) is 16. The van der Waals surface area contributed by atoms with Gasteiger partial charge in [-0.05, 0) is 62.1 Å². The molecular weight excluding hydrogens is 1680 g/mol. The summed E-state index contributed by atoms with van der Waals surface area (Å²) in [6.07, 6.45) is -6.10. The number of hydrogen-bond donors (Lipinski definition) is 0. The van der Waals surface area contributed by atoms with Crippen molar-refractivity contribution in [1.29, 1.82) is 0 Å². The van der Waals surface area contributed by atoms with E-state index in [0.717, 1.165) is 120 Å². The number of carbonyl (C=O) groups is 16. The molecule has 2 saturated heterocycles. The first kappa shape index (κ1) is 88.3. The zero-order valence-electron chi connectivity index (χ0n) is 66.6. The van der Waals surface area contributed by atoms with Crippen LogP contribution in [0.5, 0.6) is 46.0 Å². The summed E-state index contributed by atoms with van der Waals surface area (Å²) in [5, 5.41) is 57.7. The van der Waals surface area contributed by atoms with E-state index in [2.05, 4.69) is 0 Å². The molecule has 0 N–H and O–H groups in total. The normalized spacial score (nSPS) is 27.1. The molecule has 36 nitrogen and oxygen atoms in total. The number of hydrogen-bond acceptors (Lipinski definition) is 36. The Balaban J connectivity index is 0.000000207. The Morgan fingerprint density at radius 3 is 0.984 bits per heavy atom. The van der Waals surface area contributed by atoms with Crippen LogP contribution in [0.25, 0.3) is 11.5 Å². The zero-order chi connectivity index (χ0) is 87.4. The molecule has 2 unspecified atom stereocenters. The number of carbonyl (C=O) groups excluding carboxylic acids is 16. The van der Waals surface area contributed by atoms with Gasteiger partial charge in [-0.2, -0.15) is 0 Å². The molecule has 10 aliphatic carbocycles. The summed E-state index contributed by atoms with van der Waals surface area (Å²) in [6.45, 7) is 13.0. The molecule has 0 saturated carbocycles. The third kappa shape index (κ3) is 12.4. The number of fused-ring (bicyclic) bond motifs is 6. The minimum Gasteiger partial charge on any atom is -0.875 e. The average molecular weight is 1740 g/mol. The SMILES string of the molecule is COC(=O)[C@@]12Oc3c(c(OC(C)=O)c(Cl)c4c3[C@@H]3C([O-])=C5C(=O)c6c(OC(C)=O)ccc(OC(C)=O)c6C(=O)[C@@]5(C4)[C@H]4O[C@]43C)C(OC(C)=O)=C1C([O-])=CCC2OC(C)=O.COC(=O)[C@@]12Oc3c(c(OC(C)=O)c(Cl)c4c3[C@@H]3C([O-])=C5C(=O)c6c(OC(C)=O)ccc(OC(C)=O)c6C(=O)[C@@]5(C4)[C@H]4O[C@]43C)C(OC(C)=O)=C1C([O-])=CCC2OC(C)=O.[Mg+2].[Mg+2]. The second-order valence-electron chi connectivity index (χ2n) is 30.0. The zero-order valence-corrected chi connectivity index (χ0v) is 71.0. The predicted octanol–water partition coefficient (Wildman–Crippen LogP) is 2.77. The van der Waals surface area contributed by atoms with Crippen LogP contribution in [-0.2, 0) is 108 Å². The second kappa shape index (κ2) is 30.2. The van der Waals surface area contributed by atoms with Crippen molar-refractivity contribution in [3.8, 4) is 46.0 Å². The maximum atomic E-state index is 15.4. The summed E-state index contributed by atoms with van der Waals surface area (Å²) in [4.78, 5) is 215. The fourth-order valence-corrected chi connectivity index (χ4v) is 19.4. The van der Waals surface area contributed by atoms with Crippen molar-refractivity contribution in [2.24, 2.45) is 10.8 Å². The van der Waals surface area contributed by atoms with Crippen molar-refractivity contribution >= 4 is 176 Å². The van der Waals surface area contributed by atoms with E-state index in [4.69, 9.17) is 99.0 Å². The molecule has 4 aliphatic heterocycles. The van der Waals surface area contributed by atoms with E-state index < -0.39 is 336 Å². The first-order valence-corrected chi connectivity index (χ1v) is 37.2. The van der Waals surface area contributed by atoms with Crippen LogP contribution >= 0.6 is 23.2 Å². The summed E-state index contributed by atoms with van der Waals surface area (Å²) in [5.41, 5.74) is -20.0. The monoisotopic (exact) mass is 1740 g/mol. The molecule has 0 aromatic heterocycles. The molecule has 122 heavy (non-hydrogen) atoms. The van der Waals surface area contributed by atoms with E-state index >= 15 is 19.8 Å². The average Bonchev–Trinajstić information content (AvgIpc) is 1.47. The first-order valence-electron chi connectivity index (χ1n) is 36.4. The van der Waals surface area contributed by atoms with Crippen LogP contribution in [0.2, 0.25) is 10.0 Å². The molecule has 0 radical (unpaired) electrons. The molecule has 18 rings (SSSR count). The molecule has 0 amide bonds. The summed E-state index contributed by atoms with van der Waals surface area (Å²) < 4.78 is 91.1. The number of ketones is 4. The van der Waals surface area contributed by atoms with Crippen LogP contribution in [0, 0.1) is 10.8 Å². The molecule has 2 spiro atoms. The number of epoxide rings is 2. The van der Waals surface area contributed by atoms with Crippen molar-refractivity contribution in [3.63, 3.8) is 0 Å². The second-order valence-corrected chi connectivity index (χ2v) is 30.8. The predicted molar refractivity (Wildman–Crippen MR) is 395 cm³/mol. The molecule has 40 heteroatoms. The van der Waals surface area contributed by atoms with Gasteiger partial charge in [-0.3, -0.25) is 67.1 Å². The van der Waals surface area contributed by atoms with Gasteiger partial charge in [-0.15, -0.1) is 23.0 Å². The van der Waals surface area contributed by atoms with Gasteiger partial charge < -0.3 is 96.2 Å². The Labute approximate surface area is 729 Å². The summed E-state index contributed by atoms with van der Waals surface area (Å²) in [6, 6.07) is 4.52. The Morgan fingerprint density at radius 1 is 0.410 bits per heavy atom. The van der Waals surface area contributed by atoms with Crippen LogP contribution in [-0.4, -0.2) is 202 Å². The standard InChI is InChI=1S/2C41H33ClO18.2Mg/c2*1-13(43)54-20-9-10-21(55-14(2)44)25-24(20)31(49)29-32(50)28-23-18(12-40(29,36(25)51)37-39(28,6)60-37)30(42)35(58-17(5)47)26-33(23)59-41(38(52)53-7)22(56-15(3)45)11-8-19(48)27(41)34(26)57-16(4)46;;/h2*8-10,22,28,37,48,50H,11-12H2,1-7H3;;/q;;2*+2/p-4/t2*22?,28-,37+,39+,40+,41+;;/m11../s1. The smallest absolute Gasteiger partial charge is 0.875 e. The molecule has 4 aromatic carbocycles. The molecule has 624 valence electrons. The van der Waals surface area contributed by atoms with Crippen molar-refractivity contribution in [2.75, 3.05) is 14.2 Å².